The number of halogens is 1. The monoisotopic (exact) mass is 511 g/mol. The minimum atomic E-state index is -0.572. The Balaban J connectivity index is 1.43. The summed E-state index contributed by atoms with van der Waals surface area (Å²) in [6, 6.07) is 10.7. The lowest BCUT2D eigenvalue weighted by atomic mass is 9.95. The summed E-state index contributed by atoms with van der Waals surface area (Å²) >= 11 is 1.60. The molecule has 6 rings (SSSR count). The van der Waals surface area contributed by atoms with Crippen LogP contribution in [-0.2, 0) is 4.79 Å². The smallest absolute Gasteiger partial charge is 0.229 e. The van der Waals surface area contributed by atoms with E-state index in [1.807, 2.05) is 44.4 Å². The van der Waals surface area contributed by atoms with Crippen molar-refractivity contribution in [3.63, 3.8) is 0 Å². The van der Waals surface area contributed by atoms with Gasteiger partial charge in [-0.15, -0.1) is 11.3 Å². The molecule has 0 atom stereocenters. The number of nitrogens with one attached hydrogen (secondary N) is 3. The van der Waals surface area contributed by atoms with Gasteiger partial charge in [0.15, 0.2) is 5.82 Å². The molecule has 0 saturated heterocycles. The molecule has 0 radical (unpaired) electrons. The van der Waals surface area contributed by atoms with Crippen LogP contribution in [0.25, 0.3) is 55.2 Å². The number of imidazole rings is 1. The fourth-order valence-corrected chi connectivity index (χ4v) is 4.78. The maximum Gasteiger partial charge on any atom is 0.229 e. The molecule has 184 valence electrons. The number of carbonyl (C=O) groups excluding carboxylic acids is 1. The molecular weight excluding hydrogens is 489 g/mol. The van der Waals surface area contributed by atoms with E-state index in [1.54, 1.807) is 42.1 Å². The average molecular weight is 512 g/mol. The van der Waals surface area contributed by atoms with Gasteiger partial charge in [0.25, 0.3) is 0 Å². The van der Waals surface area contributed by atoms with Gasteiger partial charge in [-0.05, 0) is 29.6 Å². The minimum absolute atomic E-state index is 0.152. The highest BCUT2D eigenvalue weighted by atomic mass is 32.1. The summed E-state index contributed by atoms with van der Waals surface area (Å²) in [6.45, 7) is 5.47. The van der Waals surface area contributed by atoms with E-state index in [9.17, 15) is 4.79 Å². The number of pyridine rings is 2. The number of aromatic amines is 2. The summed E-state index contributed by atoms with van der Waals surface area (Å²) in [7, 11) is 0. The standard InChI is InChI=1S/C27H22FN7OS/c1-27(2,3)26(36)31-15-9-14(12-29-13-15)16-10-17-20(11-18(16)28)34-35-22(17)25-32-19-6-7-30-24(23(19)33-25)21-5-4-8-37-21/h4-13H,1-3H3,(H,31,36)(H,32,33)(H,34,35). The number of fused-ring (bicyclic) bond motifs is 2. The molecule has 1 aromatic carbocycles. The number of aromatic nitrogens is 6. The predicted octanol–water partition coefficient (Wildman–Crippen LogP) is 6.42. The second-order valence-corrected chi connectivity index (χ2v) is 10.7. The largest absolute Gasteiger partial charge is 0.336 e. The Morgan fingerprint density at radius 1 is 1.08 bits per heavy atom. The lowest BCUT2D eigenvalue weighted by molar-refractivity contribution is -0.123. The summed E-state index contributed by atoms with van der Waals surface area (Å²) in [5.41, 5.74) is 4.27. The highest BCUT2D eigenvalue weighted by Gasteiger charge is 2.22. The average Bonchev–Trinajstić information content (AvgIpc) is 3.62. The number of hydrogen-bond acceptors (Lipinski definition) is 6. The Bertz CT molecular complexity index is 1780. The van der Waals surface area contributed by atoms with E-state index in [-0.39, 0.29) is 5.91 Å². The Morgan fingerprint density at radius 3 is 2.73 bits per heavy atom. The van der Waals surface area contributed by atoms with Crippen molar-refractivity contribution in [3.05, 3.63) is 66.2 Å². The number of benzene rings is 1. The SMILES string of the molecule is CC(C)(C)C(=O)Nc1cncc(-c2cc3c(-c4nc5c(-c6cccs6)nccc5[nH]4)n[nH]c3cc2F)c1. The first-order valence-corrected chi connectivity index (χ1v) is 12.5. The van der Waals surface area contributed by atoms with Gasteiger partial charge >= 0.3 is 0 Å². The zero-order valence-corrected chi connectivity index (χ0v) is 21.1. The molecule has 37 heavy (non-hydrogen) atoms. The van der Waals surface area contributed by atoms with E-state index < -0.39 is 11.2 Å². The molecule has 0 fully saturated rings. The molecule has 0 aliphatic rings. The summed E-state index contributed by atoms with van der Waals surface area (Å²) in [5.74, 6) is -0.0349. The Morgan fingerprint density at radius 2 is 1.95 bits per heavy atom. The number of H-pyrrole nitrogens is 2. The van der Waals surface area contributed by atoms with Crippen LogP contribution in [0.5, 0.6) is 0 Å². The summed E-state index contributed by atoms with van der Waals surface area (Å²) in [5, 5.41) is 12.9. The van der Waals surface area contributed by atoms with Gasteiger partial charge in [-0.1, -0.05) is 26.8 Å². The highest BCUT2D eigenvalue weighted by Crippen LogP contribution is 2.35. The quantitative estimate of drug-likeness (QED) is 0.253. The summed E-state index contributed by atoms with van der Waals surface area (Å²) in [6.07, 6.45) is 4.85. The Hall–Kier alpha value is -4.44. The van der Waals surface area contributed by atoms with E-state index in [0.717, 1.165) is 21.6 Å². The normalized spacial score (nSPS) is 11.9. The van der Waals surface area contributed by atoms with Crippen LogP contribution >= 0.6 is 11.3 Å². The van der Waals surface area contributed by atoms with Gasteiger partial charge in [0.05, 0.1) is 27.8 Å². The van der Waals surface area contributed by atoms with E-state index in [0.29, 0.717) is 39.2 Å². The highest BCUT2D eigenvalue weighted by molar-refractivity contribution is 7.13. The van der Waals surface area contributed by atoms with E-state index in [4.69, 9.17) is 4.98 Å². The molecule has 5 aromatic heterocycles. The first kappa shape index (κ1) is 23.0. The minimum Gasteiger partial charge on any atom is -0.336 e. The van der Waals surface area contributed by atoms with E-state index in [2.05, 4.69) is 30.5 Å². The van der Waals surface area contributed by atoms with Gasteiger partial charge < -0.3 is 10.3 Å². The molecular formula is C27H22FN7OS. The molecule has 1 amide bonds. The molecule has 0 unspecified atom stereocenters. The molecule has 3 N–H and O–H groups in total. The van der Waals surface area contributed by atoms with E-state index >= 15 is 4.39 Å². The summed E-state index contributed by atoms with van der Waals surface area (Å²) in [4.78, 5) is 30.3. The number of amides is 1. The van der Waals surface area contributed by atoms with Crippen LogP contribution in [-0.4, -0.2) is 36.0 Å². The van der Waals surface area contributed by atoms with Crippen LogP contribution in [0.3, 0.4) is 0 Å². The van der Waals surface area contributed by atoms with Crippen molar-refractivity contribution in [1.29, 1.82) is 0 Å². The van der Waals surface area contributed by atoms with Gasteiger partial charge in [0.1, 0.15) is 22.7 Å². The van der Waals surface area contributed by atoms with Gasteiger partial charge in [-0.25, -0.2) is 9.37 Å². The van der Waals surface area contributed by atoms with E-state index in [1.165, 1.54) is 6.07 Å². The maximum absolute atomic E-state index is 15.2. The molecule has 5 heterocycles. The van der Waals surface area contributed by atoms with Crippen LogP contribution in [0.15, 0.2) is 60.4 Å². The van der Waals surface area contributed by atoms with Crippen molar-refractivity contribution in [3.8, 4) is 33.2 Å². The number of anilines is 1. The molecule has 10 heteroatoms. The summed E-state index contributed by atoms with van der Waals surface area (Å²) < 4.78 is 15.2. The van der Waals surface area contributed by atoms with Crippen molar-refractivity contribution in [1.82, 2.24) is 30.1 Å². The Labute approximate surface area is 215 Å². The first-order chi connectivity index (χ1) is 17.8. The zero-order chi connectivity index (χ0) is 25.7. The third kappa shape index (κ3) is 4.15. The number of thiophene rings is 1. The van der Waals surface area contributed by atoms with Crippen LogP contribution in [0.2, 0.25) is 0 Å². The molecule has 0 aliphatic heterocycles. The molecule has 6 aromatic rings. The van der Waals surface area contributed by atoms with Crippen LogP contribution in [0.4, 0.5) is 10.1 Å². The van der Waals surface area contributed by atoms with Crippen molar-refractivity contribution in [2.45, 2.75) is 20.8 Å². The molecule has 8 nitrogen and oxygen atoms in total. The lowest BCUT2D eigenvalue weighted by Gasteiger charge is -2.17. The van der Waals surface area contributed by atoms with Crippen LogP contribution in [0.1, 0.15) is 20.8 Å². The van der Waals surface area contributed by atoms with Gasteiger partial charge in [-0.3, -0.25) is 19.9 Å². The van der Waals surface area contributed by atoms with Crippen molar-refractivity contribution in [2.75, 3.05) is 5.32 Å². The number of hydrogen-bond donors (Lipinski definition) is 3. The zero-order valence-electron chi connectivity index (χ0n) is 20.3. The maximum atomic E-state index is 15.2. The molecule has 0 aliphatic carbocycles. The van der Waals surface area contributed by atoms with Crippen LogP contribution in [0, 0.1) is 11.2 Å². The molecule has 0 spiro atoms. The fourth-order valence-electron chi connectivity index (χ4n) is 4.06. The lowest BCUT2D eigenvalue weighted by Crippen LogP contribution is -2.27. The predicted molar refractivity (Wildman–Crippen MR) is 144 cm³/mol. The Kier molecular flexibility index (Phi) is 5.34. The van der Waals surface area contributed by atoms with Gasteiger partial charge in [-0.2, -0.15) is 5.10 Å². The first-order valence-electron chi connectivity index (χ1n) is 11.6. The topological polar surface area (TPSA) is 112 Å². The second kappa shape index (κ2) is 8.59. The third-order valence-electron chi connectivity index (χ3n) is 6.02. The fraction of sp³-hybridized carbons (Fsp3) is 0.148. The van der Waals surface area contributed by atoms with Gasteiger partial charge in [0.2, 0.25) is 5.91 Å². The van der Waals surface area contributed by atoms with Crippen molar-refractivity contribution in [2.24, 2.45) is 5.41 Å². The third-order valence-corrected chi connectivity index (χ3v) is 6.90. The molecule has 0 bridgehead atoms. The van der Waals surface area contributed by atoms with Gasteiger partial charge in [0, 0.05) is 40.4 Å². The van der Waals surface area contributed by atoms with Crippen LogP contribution < -0.4 is 5.32 Å². The van der Waals surface area contributed by atoms with Crippen molar-refractivity contribution >= 4 is 44.9 Å². The number of carbonyl (C=O) groups is 1. The molecule has 0 saturated carbocycles. The van der Waals surface area contributed by atoms with Crippen molar-refractivity contribution < 1.29 is 9.18 Å². The number of nitrogens with zero attached hydrogens (tertiary/aromatic N) is 4. The number of rotatable bonds is 4. The second-order valence-electron chi connectivity index (χ2n) is 9.73.